The van der Waals surface area contributed by atoms with Gasteiger partial charge in [-0.2, -0.15) is 0 Å². The first-order valence-electron chi connectivity index (χ1n) is 8.12. The lowest BCUT2D eigenvalue weighted by Crippen LogP contribution is -2.51. The predicted octanol–water partition coefficient (Wildman–Crippen LogP) is 2.82. The number of ether oxygens (including phenoxy) is 1. The first-order valence-corrected chi connectivity index (χ1v) is 8.12. The molecule has 0 aliphatic carbocycles. The summed E-state index contributed by atoms with van der Waals surface area (Å²) in [7, 11) is 0. The fourth-order valence-electron chi connectivity index (χ4n) is 2.19. The summed E-state index contributed by atoms with van der Waals surface area (Å²) in [5.74, 6) is -0.133. The van der Waals surface area contributed by atoms with Crippen molar-refractivity contribution in [3.8, 4) is 0 Å². The minimum Gasteiger partial charge on any atom is -0.465 e. The van der Waals surface area contributed by atoms with Crippen molar-refractivity contribution in [1.82, 2.24) is 10.2 Å². The molecule has 0 saturated carbocycles. The van der Waals surface area contributed by atoms with E-state index in [9.17, 15) is 4.79 Å². The number of nitrogens with one attached hydrogen (secondary N) is 1. The van der Waals surface area contributed by atoms with Crippen LogP contribution < -0.4 is 5.32 Å². The highest BCUT2D eigenvalue weighted by Gasteiger charge is 2.25. The number of hydrogen-bond donors (Lipinski definition) is 1. The lowest BCUT2D eigenvalue weighted by Gasteiger charge is -2.32. The summed E-state index contributed by atoms with van der Waals surface area (Å²) in [6.45, 7) is 14.8. The Labute approximate surface area is 125 Å². The Morgan fingerprint density at radius 1 is 1.20 bits per heavy atom. The van der Waals surface area contributed by atoms with Crippen LogP contribution in [-0.4, -0.2) is 48.7 Å². The van der Waals surface area contributed by atoms with Crippen LogP contribution in [0, 0.1) is 0 Å². The molecular formula is C16H34N2O2. The van der Waals surface area contributed by atoms with E-state index in [1.807, 2.05) is 6.92 Å². The highest BCUT2D eigenvalue weighted by atomic mass is 16.5. The Hall–Kier alpha value is -0.610. The van der Waals surface area contributed by atoms with Gasteiger partial charge in [0.25, 0.3) is 0 Å². The van der Waals surface area contributed by atoms with Crippen molar-refractivity contribution in [1.29, 1.82) is 0 Å². The Balaban J connectivity index is 4.71. The molecule has 4 nitrogen and oxygen atoms in total. The standard InChI is InChI=1S/C16H34N2O2/c1-7-10-11-18(14(6)8-2)12-15(17-13(4)5)16(19)20-9-3/h13-15,17H,7-12H2,1-6H3. The highest BCUT2D eigenvalue weighted by Crippen LogP contribution is 2.08. The molecule has 0 amide bonds. The highest BCUT2D eigenvalue weighted by molar-refractivity contribution is 5.76. The summed E-state index contributed by atoms with van der Waals surface area (Å²) in [6, 6.07) is 0.530. The molecule has 0 bridgehead atoms. The predicted molar refractivity (Wildman–Crippen MR) is 84.9 cm³/mol. The number of rotatable bonds is 11. The quantitative estimate of drug-likeness (QED) is 0.593. The van der Waals surface area contributed by atoms with Crippen molar-refractivity contribution < 1.29 is 9.53 Å². The van der Waals surface area contributed by atoms with Gasteiger partial charge in [-0.25, -0.2) is 0 Å². The lowest BCUT2D eigenvalue weighted by atomic mass is 10.1. The average molecular weight is 286 g/mol. The zero-order valence-corrected chi connectivity index (χ0v) is 14.2. The van der Waals surface area contributed by atoms with Crippen molar-refractivity contribution in [2.45, 2.75) is 78.9 Å². The monoisotopic (exact) mass is 286 g/mol. The van der Waals surface area contributed by atoms with E-state index in [1.165, 1.54) is 12.8 Å². The molecule has 0 radical (unpaired) electrons. The molecule has 2 unspecified atom stereocenters. The van der Waals surface area contributed by atoms with Crippen LogP contribution in [0.15, 0.2) is 0 Å². The van der Waals surface area contributed by atoms with E-state index in [1.54, 1.807) is 0 Å². The maximum Gasteiger partial charge on any atom is 0.324 e. The molecule has 20 heavy (non-hydrogen) atoms. The zero-order chi connectivity index (χ0) is 15.5. The van der Waals surface area contributed by atoms with Crippen LogP contribution in [-0.2, 0) is 9.53 Å². The molecule has 2 atom stereocenters. The average Bonchev–Trinajstić information content (AvgIpc) is 2.41. The van der Waals surface area contributed by atoms with E-state index in [0.717, 1.165) is 19.5 Å². The summed E-state index contributed by atoms with van der Waals surface area (Å²) in [4.78, 5) is 14.5. The third-order valence-corrected chi connectivity index (χ3v) is 3.54. The van der Waals surface area contributed by atoms with Gasteiger partial charge in [0.15, 0.2) is 0 Å². The molecule has 4 heteroatoms. The third kappa shape index (κ3) is 7.85. The minimum atomic E-state index is -0.235. The van der Waals surface area contributed by atoms with Gasteiger partial charge in [-0.3, -0.25) is 9.69 Å². The molecule has 0 aliphatic heterocycles. The molecule has 120 valence electrons. The van der Waals surface area contributed by atoms with Gasteiger partial charge < -0.3 is 10.1 Å². The molecular weight excluding hydrogens is 252 g/mol. The van der Waals surface area contributed by atoms with E-state index in [2.05, 4.69) is 44.8 Å². The van der Waals surface area contributed by atoms with E-state index in [-0.39, 0.29) is 18.1 Å². The number of esters is 1. The molecule has 0 saturated heterocycles. The lowest BCUT2D eigenvalue weighted by molar-refractivity contribution is -0.146. The van der Waals surface area contributed by atoms with Gasteiger partial charge in [0.2, 0.25) is 0 Å². The second kappa shape index (κ2) is 11.1. The van der Waals surface area contributed by atoms with Crippen LogP contribution in [0.3, 0.4) is 0 Å². The van der Waals surface area contributed by atoms with E-state index >= 15 is 0 Å². The van der Waals surface area contributed by atoms with Crippen molar-refractivity contribution in [2.24, 2.45) is 0 Å². The second-order valence-electron chi connectivity index (χ2n) is 5.73. The van der Waals surface area contributed by atoms with Gasteiger partial charge >= 0.3 is 5.97 Å². The van der Waals surface area contributed by atoms with Crippen molar-refractivity contribution >= 4 is 5.97 Å². The molecule has 0 aliphatic rings. The molecule has 0 aromatic heterocycles. The van der Waals surface area contributed by atoms with Crippen LogP contribution in [0.5, 0.6) is 0 Å². The summed E-state index contributed by atoms with van der Waals surface area (Å²) in [5, 5.41) is 3.33. The third-order valence-electron chi connectivity index (χ3n) is 3.54. The van der Waals surface area contributed by atoms with E-state index < -0.39 is 0 Å². The largest absolute Gasteiger partial charge is 0.465 e. The van der Waals surface area contributed by atoms with E-state index in [0.29, 0.717) is 12.6 Å². The van der Waals surface area contributed by atoms with Gasteiger partial charge in [0.1, 0.15) is 6.04 Å². The maximum absolute atomic E-state index is 12.1. The Morgan fingerprint density at radius 2 is 1.85 bits per heavy atom. The summed E-state index contributed by atoms with van der Waals surface area (Å²) in [6.07, 6.45) is 3.44. The molecule has 0 aromatic rings. The molecule has 0 rings (SSSR count). The van der Waals surface area contributed by atoms with Gasteiger partial charge in [-0.05, 0) is 33.2 Å². The summed E-state index contributed by atoms with van der Waals surface area (Å²) in [5.41, 5.74) is 0. The zero-order valence-electron chi connectivity index (χ0n) is 14.2. The summed E-state index contributed by atoms with van der Waals surface area (Å²) < 4.78 is 5.20. The molecule has 0 spiro atoms. The van der Waals surface area contributed by atoms with E-state index in [4.69, 9.17) is 4.74 Å². The van der Waals surface area contributed by atoms with Crippen molar-refractivity contribution in [2.75, 3.05) is 19.7 Å². The van der Waals surface area contributed by atoms with Crippen LogP contribution >= 0.6 is 0 Å². The van der Waals surface area contributed by atoms with Crippen molar-refractivity contribution in [3.63, 3.8) is 0 Å². The maximum atomic E-state index is 12.1. The van der Waals surface area contributed by atoms with Crippen LogP contribution in [0.2, 0.25) is 0 Å². The molecule has 0 aromatic carbocycles. The van der Waals surface area contributed by atoms with Gasteiger partial charge in [-0.1, -0.05) is 34.1 Å². The van der Waals surface area contributed by atoms with Gasteiger partial charge in [0, 0.05) is 18.6 Å². The van der Waals surface area contributed by atoms with Crippen molar-refractivity contribution in [3.05, 3.63) is 0 Å². The topological polar surface area (TPSA) is 41.6 Å². The Morgan fingerprint density at radius 3 is 2.30 bits per heavy atom. The minimum absolute atomic E-state index is 0.133. The number of nitrogens with zero attached hydrogens (tertiary/aromatic N) is 1. The Bertz CT molecular complexity index is 257. The van der Waals surface area contributed by atoms with Crippen LogP contribution in [0.1, 0.15) is 60.8 Å². The normalized spacial score (nSPS) is 14.6. The molecule has 0 fully saturated rings. The number of carbonyl (C=O) groups is 1. The smallest absolute Gasteiger partial charge is 0.324 e. The number of hydrogen-bond acceptors (Lipinski definition) is 4. The Kier molecular flexibility index (Phi) is 10.8. The van der Waals surface area contributed by atoms with Crippen LogP contribution in [0.25, 0.3) is 0 Å². The SMILES string of the molecule is CCCCN(CC(NC(C)C)C(=O)OCC)C(C)CC. The van der Waals surface area contributed by atoms with Gasteiger partial charge in [-0.15, -0.1) is 0 Å². The number of unbranched alkanes of at least 4 members (excludes halogenated alkanes) is 1. The van der Waals surface area contributed by atoms with Crippen LogP contribution in [0.4, 0.5) is 0 Å². The van der Waals surface area contributed by atoms with Gasteiger partial charge in [0.05, 0.1) is 6.61 Å². The number of carbonyl (C=O) groups excluding carboxylic acids is 1. The fraction of sp³-hybridized carbons (Fsp3) is 0.938. The molecule has 0 heterocycles. The first-order chi connectivity index (χ1) is 9.46. The summed E-state index contributed by atoms with van der Waals surface area (Å²) >= 11 is 0. The second-order valence-corrected chi connectivity index (χ2v) is 5.73. The fourth-order valence-corrected chi connectivity index (χ4v) is 2.19. The molecule has 1 N–H and O–H groups in total. The first kappa shape index (κ1) is 19.4.